The van der Waals surface area contributed by atoms with Gasteiger partial charge in [0, 0.05) is 30.8 Å². The number of amides is 1. The Morgan fingerprint density at radius 3 is 2.53 bits per heavy atom. The summed E-state index contributed by atoms with van der Waals surface area (Å²) in [6.07, 6.45) is -3.91. The minimum absolute atomic E-state index is 0.121. The van der Waals surface area contributed by atoms with Crippen LogP contribution >= 0.6 is 0 Å². The molecule has 9 heteroatoms. The first-order valence-corrected chi connectivity index (χ1v) is 10.4. The Bertz CT molecular complexity index is 970. The molecule has 3 rings (SSSR count). The molecular weight excluding hydrogens is 423 g/mol. The number of halogens is 3. The zero-order valence-electron chi connectivity index (χ0n) is 18.0. The van der Waals surface area contributed by atoms with Gasteiger partial charge in [-0.1, -0.05) is 38.1 Å². The highest BCUT2D eigenvalue weighted by atomic mass is 19.4. The first-order chi connectivity index (χ1) is 15.1. The van der Waals surface area contributed by atoms with Crippen molar-refractivity contribution in [2.45, 2.75) is 26.4 Å². The van der Waals surface area contributed by atoms with Crippen LogP contribution < -0.4 is 5.32 Å². The number of nitrogens with one attached hydrogen (secondary N) is 1. The molecule has 0 unspecified atom stereocenters. The number of morpholine rings is 1. The highest BCUT2D eigenvalue weighted by molar-refractivity contribution is 6.05. The summed E-state index contributed by atoms with van der Waals surface area (Å²) in [4.78, 5) is 31.5. The standard InChI is InChI=1S/C23H26F3N3O3/c1-15(2)22(31)21-19(28-20(30)14-29-6-8-32-9-7-29)11-18(13-27-21)17-5-3-4-16(10-17)12-23(24,25)26/h3-5,10-11,13,15H,6-9,12,14H2,1-2H3,(H,28,30). The maximum atomic E-state index is 12.8. The normalized spacial score (nSPS) is 15.1. The van der Waals surface area contributed by atoms with Crippen LogP contribution in [0.5, 0.6) is 0 Å². The van der Waals surface area contributed by atoms with Crippen molar-refractivity contribution < 1.29 is 27.5 Å². The van der Waals surface area contributed by atoms with Gasteiger partial charge in [0.05, 0.1) is 31.9 Å². The highest BCUT2D eigenvalue weighted by Crippen LogP contribution is 2.28. The van der Waals surface area contributed by atoms with Gasteiger partial charge in [-0.2, -0.15) is 13.2 Å². The molecule has 0 saturated carbocycles. The third-order valence-electron chi connectivity index (χ3n) is 5.06. The molecule has 0 atom stereocenters. The fraction of sp³-hybridized carbons (Fsp3) is 0.435. The number of alkyl halides is 3. The van der Waals surface area contributed by atoms with Gasteiger partial charge < -0.3 is 10.1 Å². The van der Waals surface area contributed by atoms with Gasteiger partial charge in [-0.25, -0.2) is 0 Å². The number of hydrogen-bond donors (Lipinski definition) is 1. The lowest BCUT2D eigenvalue weighted by Gasteiger charge is -2.26. The number of carbonyl (C=O) groups is 2. The molecule has 1 saturated heterocycles. The molecule has 1 aliphatic rings. The predicted molar refractivity (Wildman–Crippen MR) is 114 cm³/mol. The maximum Gasteiger partial charge on any atom is 0.393 e. The Morgan fingerprint density at radius 2 is 1.88 bits per heavy atom. The van der Waals surface area contributed by atoms with Gasteiger partial charge in [-0.05, 0) is 17.2 Å². The predicted octanol–water partition coefficient (Wildman–Crippen LogP) is 3.96. The lowest BCUT2D eigenvalue weighted by Crippen LogP contribution is -2.41. The Labute approximate surface area is 184 Å². The van der Waals surface area contributed by atoms with E-state index in [2.05, 4.69) is 10.3 Å². The van der Waals surface area contributed by atoms with Crippen molar-refractivity contribution in [3.63, 3.8) is 0 Å². The summed E-state index contributed by atoms with van der Waals surface area (Å²) < 4.78 is 43.6. The molecule has 1 N–H and O–H groups in total. The summed E-state index contributed by atoms with van der Waals surface area (Å²) in [6, 6.07) is 7.65. The van der Waals surface area contributed by atoms with Crippen LogP contribution in [0.1, 0.15) is 29.9 Å². The van der Waals surface area contributed by atoms with Gasteiger partial charge in [-0.15, -0.1) is 0 Å². The zero-order valence-corrected chi connectivity index (χ0v) is 18.0. The van der Waals surface area contributed by atoms with Crippen LogP contribution in [0.2, 0.25) is 0 Å². The van der Waals surface area contributed by atoms with Crippen LogP contribution in [0.25, 0.3) is 11.1 Å². The second-order valence-corrected chi connectivity index (χ2v) is 8.07. The molecule has 0 aliphatic carbocycles. The van der Waals surface area contributed by atoms with E-state index >= 15 is 0 Å². The van der Waals surface area contributed by atoms with Crippen LogP contribution in [0.15, 0.2) is 36.5 Å². The molecule has 172 valence electrons. The molecule has 1 aliphatic heterocycles. The first kappa shape index (κ1) is 23.9. The smallest absolute Gasteiger partial charge is 0.379 e. The van der Waals surface area contributed by atoms with Crippen LogP contribution in [0, 0.1) is 5.92 Å². The Kier molecular flexibility index (Phi) is 7.63. The molecule has 32 heavy (non-hydrogen) atoms. The van der Waals surface area contributed by atoms with Crippen molar-refractivity contribution in [2.75, 3.05) is 38.2 Å². The average molecular weight is 449 g/mol. The number of pyridine rings is 1. The van der Waals surface area contributed by atoms with E-state index in [9.17, 15) is 22.8 Å². The molecule has 2 heterocycles. The molecule has 6 nitrogen and oxygen atoms in total. The third-order valence-corrected chi connectivity index (χ3v) is 5.06. The molecule has 1 fully saturated rings. The monoisotopic (exact) mass is 449 g/mol. The van der Waals surface area contributed by atoms with E-state index < -0.39 is 12.6 Å². The zero-order chi connectivity index (χ0) is 23.3. The number of hydrogen-bond acceptors (Lipinski definition) is 5. The summed E-state index contributed by atoms with van der Waals surface area (Å²) in [5.74, 6) is -0.864. The van der Waals surface area contributed by atoms with Crippen molar-refractivity contribution in [3.8, 4) is 11.1 Å². The number of ether oxygens (including phenoxy) is 1. The highest BCUT2D eigenvalue weighted by Gasteiger charge is 2.27. The van der Waals surface area contributed by atoms with Crippen LogP contribution in [-0.4, -0.2) is 60.6 Å². The lowest BCUT2D eigenvalue weighted by atomic mass is 9.99. The van der Waals surface area contributed by atoms with E-state index in [0.29, 0.717) is 37.4 Å². The molecule has 1 amide bonds. The summed E-state index contributed by atoms with van der Waals surface area (Å²) in [7, 11) is 0. The largest absolute Gasteiger partial charge is 0.393 e. The third kappa shape index (κ3) is 6.61. The minimum Gasteiger partial charge on any atom is -0.379 e. The molecule has 0 bridgehead atoms. The van der Waals surface area contributed by atoms with Crippen molar-refractivity contribution in [1.82, 2.24) is 9.88 Å². The number of benzene rings is 1. The SMILES string of the molecule is CC(C)C(=O)c1ncc(-c2cccc(CC(F)(F)F)c2)cc1NC(=O)CN1CCOCC1. The number of aromatic nitrogens is 1. The number of ketones is 1. The van der Waals surface area contributed by atoms with E-state index in [1.165, 1.54) is 18.3 Å². The lowest BCUT2D eigenvalue weighted by molar-refractivity contribution is -0.127. The van der Waals surface area contributed by atoms with Crippen molar-refractivity contribution in [1.29, 1.82) is 0 Å². The van der Waals surface area contributed by atoms with Gasteiger partial charge in [0.2, 0.25) is 5.91 Å². The van der Waals surface area contributed by atoms with Gasteiger partial charge >= 0.3 is 6.18 Å². The number of rotatable bonds is 7. The van der Waals surface area contributed by atoms with E-state index in [4.69, 9.17) is 4.74 Å². The van der Waals surface area contributed by atoms with E-state index in [0.717, 1.165) is 0 Å². The second kappa shape index (κ2) is 10.2. The second-order valence-electron chi connectivity index (χ2n) is 8.07. The summed E-state index contributed by atoms with van der Waals surface area (Å²) in [6.45, 7) is 5.98. The fourth-order valence-corrected chi connectivity index (χ4v) is 3.43. The van der Waals surface area contributed by atoms with Crippen LogP contribution in [0.4, 0.5) is 18.9 Å². The number of anilines is 1. The van der Waals surface area contributed by atoms with Crippen LogP contribution in [0.3, 0.4) is 0 Å². The topological polar surface area (TPSA) is 71.5 Å². The number of nitrogens with zero attached hydrogens (tertiary/aromatic N) is 2. The Balaban J connectivity index is 1.88. The van der Waals surface area contributed by atoms with Gasteiger partial charge in [0.1, 0.15) is 5.69 Å². The molecule has 0 radical (unpaired) electrons. The van der Waals surface area contributed by atoms with E-state index in [1.54, 1.807) is 32.0 Å². The molecule has 1 aromatic carbocycles. The first-order valence-electron chi connectivity index (χ1n) is 10.4. The summed E-state index contributed by atoms with van der Waals surface area (Å²) >= 11 is 0. The molecular formula is C23H26F3N3O3. The molecule has 0 spiro atoms. The number of Topliss-reactive ketones (excluding diaryl/α,β-unsaturated/α-hetero) is 1. The Morgan fingerprint density at radius 1 is 1.16 bits per heavy atom. The number of carbonyl (C=O) groups excluding carboxylic acids is 2. The molecule has 1 aromatic heterocycles. The maximum absolute atomic E-state index is 12.8. The van der Waals surface area contributed by atoms with Crippen LogP contribution in [-0.2, 0) is 16.0 Å². The Hall–Kier alpha value is -2.78. The van der Waals surface area contributed by atoms with Gasteiger partial charge in [0.15, 0.2) is 5.78 Å². The molecule has 2 aromatic rings. The van der Waals surface area contributed by atoms with E-state index in [1.807, 2.05) is 4.90 Å². The average Bonchev–Trinajstić information content (AvgIpc) is 2.72. The minimum atomic E-state index is -4.32. The van der Waals surface area contributed by atoms with E-state index in [-0.39, 0.29) is 41.1 Å². The van der Waals surface area contributed by atoms with Crippen molar-refractivity contribution in [3.05, 3.63) is 47.8 Å². The quantitative estimate of drug-likeness (QED) is 0.648. The van der Waals surface area contributed by atoms with Crippen molar-refractivity contribution >= 4 is 17.4 Å². The van der Waals surface area contributed by atoms with Gasteiger partial charge in [0.25, 0.3) is 0 Å². The fourth-order valence-electron chi connectivity index (χ4n) is 3.43. The summed E-state index contributed by atoms with van der Waals surface area (Å²) in [5, 5.41) is 2.77. The van der Waals surface area contributed by atoms with Gasteiger partial charge in [-0.3, -0.25) is 19.5 Å². The van der Waals surface area contributed by atoms with Crippen molar-refractivity contribution in [2.24, 2.45) is 5.92 Å². The summed E-state index contributed by atoms with van der Waals surface area (Å²) in [5.41, 5.74) is 1.53.